The van der Waals surface area contributed by atoms with E-state index in [0.717, 1.165) is 59.0 Å². The fourth-order valence-corrected chi connectivity index (χ4v) is 5.02. The first-order valence-corrected chi connectivity index (χ1v) is 11.2. The third-order valence-electron chi connectivity index (χ3n) is 6.93. The molecule has 2 heterocycles. The van der Waals surface area contributed by atoms with Crippen LogP contribution in [0, 0.1) is 0 Å². The number of aliphatic hydroxyl groups excluding tert-OH is 1. The van der Waals surface area contributed by atoms with Gasteiger partial charge in [0, 0.05) is 25.2 Å². The Morgan fingerprint density at radius 3 is 2.53 bits per heavy atom. The van der Waals surface area contributed by atoms with Crippen LogP contribution in [0.15, 0.2) is 65.5 Å². The molecule has 4 aromatic rings. The van der Waals surface area contributed by atoms with E-state index < -0.39 is 6.10 Å². The molecule has 32 heavy (non-hydrogen) atoms. The predicted molar refractivity (Wildman–Crippen MR) is 127 cm³/mol. The van der Waals surface area contributed by atoms with Gasteiger partial charge in [0.05, 0.1) is 24.2 Å². The van der Waals surface area contributed by atoms with Crippen molar-refractivity contribution in [3.05, 3.63) is 76.7 Å². The number of ether oxygens (including phenoxy) is 1. The van der Waals surface area contributed by atoms with Crippen molar-refractivity contribution in [1.29, 1.82) is 0 Å². The van der Waals surface area contributed by atoms with Crippen molar-refractivity contribution in [3.8, 4) is 5.75 Å². The summed E-state index contributed by atoms with van der Waals surface area (Å²) >= 11 is 0. The van der Waals surface area contributed by atoms with Crippen LogP contribution in [0.2, 0.25) is 0 Å². The Morgan fingerprint density at radius 1 is 1.03 bits per heavy atom. The third-order valence-corrected chi connectivity index (χ3v) is 6.93. The SMILES string of the molecule is COc1ccc2cc(C(O)C(C)N3CCC(n4c(=O)[nH]c5ccccc54)CC3)ccc2c1. The molecule has 0 saturated carbocycles. The van der Waals surface area contributed by atoms with Crippen molar-refractivity contribution in [2.75, 3.05) is 20.2 Å². The van der Waals surface area contributed by atoms with Gasteiger partial charge in [0.25, 0.3) is 0 Å². The summed E-state index contributed by atoms with van der Waals surface area (Å²) in [6.07, 6.45) is 1.20. The Balaban J connectivity index is 1.29. The summed E-state index contributed by atoms with van der Waals surface area (Å²) in [6, 6.07) is 20.1. The summed E-state index contributed by atoms with van der Waals surface area (Å²) in [5.41, 5.74) is 2.74. The Morgan fingerprint density at radius 2 is 1.75 bits per heavy atom. The van der Waals surface area contributed by atoms with E-state index in [-0.39, 0.29) is 17.8 Å². The maximum absolute atomic E-state index is 12.5. The predicted octanol–water partition coefficient (Wildman–Crippen LogP) is 4.25. The van der Waals surface area contributed by atoms with E-state index in [1.807, 2.05) is 59.2 Å². The van der Waals surface area contributed by atoms with Crippen molar-refractivity contribution < 1.29 is 9.84 Å². The zero-order valence-corrected chi connectivity index (χ0v) is 18.5. The Bertz CT molecular complexity index is 1300. The molecule has 166 valence electrons. The van der Waals surface area contributed by atoms with Crippen LogP contribution in [0.4, 0.5) is 0 Å². The van der Waals surface area contributed by atoms with E-state index in [1.54, 1.807) is 7.11 Å². The summed E-state index contributed by atoms with van der Waals surface area (Å²) in [5, 5.41) is 13.3. The number of imidazole rings is 1. The molecular weight excluding hydrogens is 402 g/mol. The average molecular weight is 432 g/mol. The van der Waals surface area contributed by atoms with Crippen LogP contribution >= 0.6 is 0 Å². The highest BCUT2D eigenvalue weighted by Gasteiger charge is 2.29. The monoisotopic (exact) mass is 431 g/mol. The smallest absolute Gasteiger partial charge is 0.326 e. The number of hydrogen-bond acceptors (Lipinski definition) is 4. The molecule has 0 aliphatic carbocycles. The Kier molecular flexibility index (Phi) is 5.49. The molecule has 5 rings (SSSR count). The molecule has 0 spiro atoms. The third kappa shape index (κ3) is 3.70. The van der Waals surface area contributed by atoms with Gasteiger partial charge >= 0.3 is 5.69 Å². The molecule has 6 heteroatoms. The zero-order valence-electron chi connectivity index (χ0n) is 18.5. The average Bonchev–Trinajstić information content (AvgIpc) is 3.18. The quantitative estimate of drug-likeness (QED) is 0.496. The second kappa shape index (κ2) is 8.45. The van der Waals surface area contributed by atoms with Gasteiger partial charge in [-0.2, -0.15) is 0 Å². The number of methoxy groups -OCH3 is 1. The van der Waals surface area contributed by atoms with Crippen LogP contribution in [-0.4, -0.2) is 45.8 Å². The maximum Gasteiger partial charge on any atom is 0.326 e. The van der Waals surface area contributed by atoms with Crippen LogP contribution in [0.1, 0.15) is 37.5 Å². The summed E-state index contributed by atoms with van der Waals surface area (Å²) in [4.78, 5) is 17.8. The standard InChI is InChI=1S/C26H29N3O3/c1-17(25(30)20-8-7-19-16-22(32-2)10-9-18(19)15-20)28-13-11-21(12-14-28)29-24-6-4-3-5-23(24)27-26(29)31/h3-10,15-17,21,25,30H,11-14H2,1-2H3,(H,27,31). The normalized spacial score (nSPS) is 17.6. The number of nitrogens with one attached hydrogen (secondary N) is 1. The minimum atomic E-state index is -0.575. The van der Waals surface area contributed by atoms with Crippen LogP contribution in [0.5, 0.6) is 5.75 Å². The molecule has 1 aliphatic heterocycles. The van der Waals surface area contributed by atoms with Crippen LogP contribution in [0.25, 0.3) is 21.8 Å². The fourth-order valence-electron chi connectivity index (χ4n) is 5.02. The van der Waals surface area contributed by atoms with E-state index in [9.17, 15) is 9.90 Å². The van der Waals surface area contributed by atoms with Gasteiger partial charge in [-0.15, -0.1) is 0 Å². The number of aromatic amines is 1. The Labute approximate surface area is 187 Å². The van der Waals surface area contributed by atoms with Gasteiger partial charge in [-0.25, -0.2) is 4.79 Å². The highest BCUT2D eigenvalue weighted by atomic mass is 16.5. The number of likely N-dealkylation sites (tertiary alicyclic amines) is 1. The van der Waals surface area contributed by atoms with Crippen LogP contribution < -0.4 is 10.4 Å². The lowest BCUT2D eigenvalue weighted by atomic mass is 9.96. The minimum Gasteiger partial charge on any atom is -0.497 e. The molecule has 1 fully saturated rings. The number of para-hydroxylation sites is 2. The summed E-state index contributed by atoms with van der Waals surface area (Å²) < 4.78 is 7.21. The molecule has 6 nitrogen and oxygen atoms in total. The van der Waals surface area contributed by atoms with E-state index in [0.29, 0.717) is 0 Å². The lowest BCUT2D eigenvalue weighted by molar-refractivity contribution is 0.0387. The minimum absolute atomic E-state index is 0.00802. The first kappa shape index (κ1) is 20.8. The molecule has 2 atom stereocenters. The van der Waals surface area contributed by atoms with Gasteiger partial charge in [-0.05, 0) is 66.4 Å². The van der Waals surface area contributed by atoms with E-state index in [1.165, 1.54) is 0 Å². The van der Waals surface area contributed by atoms with E-state index in [2.05, 4.69) is 22.9 Å². The zero-order chi connectivity index (χ0) is 22.2. The number of aliphatic hydroxyl groups is 1. The highest BCUT2D eigenvalue weighted by Crippen LogP contribution is 2.31. The molecule has 3 aromatic carbocycles. The lowest BCUT2D eigenvalue weighted by Gasteiger charge is -2.38. The molecule has 0 amide bonds. The number of benzene rings is 3. The highest BCUT2D eigenvalue weighted by molar-refractivity contribution is 5.84. The second-order valence-electron chi connectivity index (χ2n) is 8.74. The number of H-pyrrole nitrogens is 1. The molecule has 0 bridgehead atoms. The number of fused-ring (bicyclic) bond motifs is 2. The van der Waals surface area contributed by atoms with Crippen molar-refractivity contribution >= 4 is 21.8 Å². The first-order valence-electron chi connectivity index (χ1n) is 11.2. The van der Waals surface area contributed by atoms with E-state index in [4.69, 9.17) is 4.74 Å². The topological polar surface area (TPSA) is 70.5 Å². The molecule has 0 radical (unpaired) electrons. The number of piperidine rings is 1. The molecule has 1 saturated heterocycles. The van der Waals surface area contributed by atoms with Crippen molar-refractivity contribution in [2.24, 2.45) is 0 Å². The van der Waals surface area contributed by atoms with Crippen LogP contribution in [-0.2, 0) is 0 Å². The molecule has 1 aliphatic rings. The molecular formula is C26H29N3O3. The van der Waals surface area contributed by atoms with Crippen molar-refractivity contribution in [3.63, 3.8) is 0 Å². The van der Waals surface area contributed by atoms with Gasteiger partial charge in [0.15, 0.2) is 0 Å². The number of aromatic nitrogens is 2. The van der Waals surface area contributed by atoms with Gasteiger partial charge < -0.3 is 14.8 Å². The van der Waals surface area contributed by atoms with Crippen molar-refractivity contribution in [2.45, 2.75) is 38.0 Å². The number of hydrogen-bond donors (Lipinski definition) is 2. The molecule has 2 N–H and O–H groups in total. The Hall–Kier alpha value is -3.09. The molecule has 1 aromatic heterocycles. The number of rotatable bonds is 5. The number of nitrogens with zero attached hydrogens (tertiary/aromatic N) is 2. The van der Waals surface area contributed by atoms with Gasteiger partial charge in [0.2, 0.25) is 0 Å². The van der Waals surface area contributed by atoms with Gasteiger partial charge in [-0.1, -0.05) is 30.3 Å². The van der Waals surface area contributed by atoms with E-state index >= 15 is 0 Å². The summed E-state index contributed by atoms with van der Waals surface area (Å²) in [5.74, 6) is 0.830. The maximum atomic E-state index is 12.5. The van der Waals surface area contributed by atoms with Gasteiger partial charge in [0.1, 0.15) is 5.75 Å². The van der Waals surface area contributed by atoms with Gasteiger partial charge in [-0.3, -0.25) is 9.47 Å². The second-order valence-corrected chi connectivity index (χ2v) is 8.74. The summed E-state index contributed by atoms with van der Waals surface area (Å²) in [7, 11) is 1.67. The molecule has 2 unspecified atom stereocenters. The first-order chi connectivity index (χ1) is 15.5. The largest absolute Gasteiger partial charge is 0.497 e. The summed E-state index contributed by atoms with van der Waals surface area (Å²) in [6.45, 7) is 3.78. The fraction of sp³-hybridized carbons (Fsp3) is 0.346. The van der Waals surface area contributed by atoms with Crippen LogP contribution in [0.3, 0.4) is 0 Å². The lowest BCUT2D eigenvalue weighted by Crippen LogP contribution is -2.44. The van der Waals surface area contributed by atoms with Crippen molar-refractivity contribution in [1.82, 2.24) is 14.5 Å².